The van der Waals surface area contributed by atoms with E-state index in [2.05, 4.69) is 16.9 Å². The van der Waals surface area contributed by atoms with Crippen molar-refractivity contribution in [3.8, 4) is 0 Å². The van der Waals surface area contributed by atoms with Gasteiger partial charge in [-0.1, -0.05) is 18.5 Å². The zero-order valence-electron chi connectivity index (χ0n) is 12.5. The van der Waals surface area contributed by atoms with Crippen LogP contribution in [0.15, 0.2) is 6.20 Å². The van der Waals surface area contributed by atoms with Gasteiger partial charge in [0.2, 0.25) is 0 Å². The van der Waals surface area contributed by atoms with Crippen molar-refractivity contribution in [3.05, 3.63) is 16.9 Å². The monoisotopic (exact) mass is 301 g/mol. The largest absolute Gasteiger partial charge is 0.385 e. The molecule has 5 nitrogen and oxygen atoms in total. The summed E-state index contributed by atoms with van der Waals surface area (Å²) in [6.07, 6.45) is 1.89. The average Bonchev–Trinajstić information content (AvgIpc) is 2.80. The zero-order chi connectivity index (χ0) is 14.8. The second kappa shape index (κ2) is 6.43. The van der Waals surface area contributed by atoms with Crippen LogP contribution < -0.4 is 0 Å². The first-order chi connectivity index (χ1) is 9.48. The van der Waals surface area contributed by atoms with Crippen molar-refractivity contribution in [2.45, 2.75) is 45.4 Å². The lowest BCUT2D eigenvalue weighted by Crippen LogP contribution is -2.53. The van der Waals surface area contributed by atoms with Gasteiger partial charge in [0, 0.05) is 25.2 Å². The van der Waals surface area contributed by atoms with E-state index in [4.69, 9.17) is 16.3 Å². The number of hydrogen-bond acceptors (Lipinski definition) is 4. The standard InChI is InChI=1S/C14H24ClN3O2/c1-4-5-18-12(11(15)10-16-18)13(19)14(2,3)17-6-8-20-9-7-17/h10,13,19H,4-9H2,1-3H3. The van der Waals surface area contributed by atoms with E-state index in [1.807, 2.05) is 18.5 Å². The van der Waals surface area contributed by atoms with Gasteiger partial charge in [-0.05, 0) is 20.3 Å². The fourth-order valence-electron chi connectivity index (χ4n) is 2.68. The molecule has 114 valence electrons. The maximum Gasteiger partial charge on any atom is 0.115 e. The minimum absolute atomic E-state index is 0.404. The van der Waals surface area contributed by atoms with Crippen molar-refractivity contribution in [3.63, 3.8) is 0 Å². The Hall–Kier alpha value is -0.620. The number of aliphatic hydroxyl groups is 1. The molecule has 1 atom stereocenters. The first-order valence-corrected chi connectivity index (χ1v) is 7.58. The summed E-state index contributed by atoms with van der Waals surface area (Å²) in [7, 11) is 0. The molecule has 1 unspecified atom stereocenters. The molecule has 1 aromatic rings. The van der Waals surface area contributed by atoms with Gasteiger partial charge in [-0.15, -0.1) is 0 Å². The second-order valence-electron chi connectivity index (χ2n) is 5.76. The zero-order valence-corrected chi connectivity index (χ0v) is 13.2. The van der Waals surface area contributed by atoms with Gasteiger partial charge in [0.15, 0.2) is 0 Å². The van der Waals surface area contributed by atoms with Crippen LogP contribution in [0.25, 0.3) is 0 Å². The van der Waals surface area contributed by atoms with E-state index in [0.717, 1.165) is 26.1 Å². The first kappa shape index (κ1) is 15.8. The van der Waals surface area contributed by atoms with Crippen molar-refractivity contribution in [2.75, 3.05) is 26.3 Å². The average molecular weight is 302 g/mol. The van der Waals surface area contributed by atoms with Crippen molar-refractivity contribution in [1.29, 1.82) is 0 Å². The summed E-state index contributed by atoms with van der Waals surface area (Å²) in [6.45, 7) is 9.99. The number of aryl methyl sites for hydroxylation is 1. The normalized spacial score (nSPS) is 19.2. The molecular weight excluding hydrogens is 278 g/mol. The maximum absolute atomic E-state index is 10.8. The molecule has 0 saturated carbocycles. The highest BCUT2D eigenvalue weighted by atomic mass is 35.5. The number of nitrogens with zero attached hydrogens (tertiary/aromatic N) is 3. The summed E-state index contributed by atoms with van der Waals surface area (Å²) in [5.41, 5.74) is 0.309. The van der Waals surface area contributed by atoms with E-state index in [1.54, 1.807) is 6.20 Å². The number of morpholine rings is 1. The Morgan fingerprint density at radius 2 is 2.10 bits per heavy atom. The minimum Gasteiger partial charge on any atom is -0.385 e. The molecule has 2 rings (SSSR count). The van der Waals surface area contributed by atoms with Gasteiger partial charge in [-0.3, -0.25) is 9.58 Å². The predicted octanol–water partition coefficient (Wildman–Crippen LogP) is 2.09. The third kappa shape index (κ3) is 3.01. The van der Waals surface area contributed by atoms with Gasteiger partial charge in [-0.2, -0.15) is 5.10 Å². The van der Waals surface area contributed by atoms with Crippen LogP contribution in [0.1, 0.15) is 39.0 Å². The molecule has 1 saturated heterocycles. The number of rotatable bonds is 5. The van der Waals surface area contributed by atoms with Crippen LogP contribution in [0.2, 0.25) is 5.02 Å². The highest BCUT2D eigenvalue weighted by molar-refractivity contribution is 6.31. The molecule has 1 fully saturated rings. The molecule has 1 aliphatic heterocycles. The summed E-state index contributed by atoms with van der Waals surface area (Å²) in [6, 6.07) is 0. The lowest BCUT2D eigenvalue weighted by molar-refractivity contribution is -0.0654. The SMILES string of the molecule is CCCn1ncc(Cl)c1C(O)C(C)(C)N1CCOCC1. The van der Waals surface area contributed by atoms with Gasteiger partial charge in [0.05, 0.1) is 30.1 Å². The van der Waals surface area contributed by atoms with Crippen molar-refractivity contribution >= 4 is 11.6 Å². The Kier molecular flexibility index (Phi) is 5.07. The molecule has 20 heavy (non-hydrogen) atoms. The molecule has 0 bridgehead atoms. The molecule has 0 radical (unpaired) electrons. The van der Waals surface area contributed by atoms with E-state index < -0.39 is 11.6 Å². The van der Waals surface area contributed by atoms with Gasteiger partial charge in [0.25, 0.3) is 0 Å². The molecule has 1 aromatic heterocycles. The first-order valence-electron chi connectivity index (χ1n) is 7.20. The molecule has 1 aliphatic rings. The van der Waals surface area contributed by atoms with Crippen LogP contribution in [0.5, 0.6) is 0 Å². The fraction of sp³-hybridized carbons (Fsp3) is 0.786. The third-order valence-electron chi connectivity index (χ3n) is 4.02. The lowest BCUT2D eigenvalue weighted by Gasteiger charge is -2.43. The Balaban J connectivity index is 2.24. The summed E-state index contributed by atoms with van der Waals surface area (Å²) < 4.78 is 7.20. The summed E-state index contributed by atoms with van der Waals surface area (Å²) in [4.78, 5) is 2.25. The number of aromatic nitrogens is 2. The smallest absolute Gasteiger partial charge is 0.115 e. The van der Waals surface area contributed by atoms with Crippen LogP contribution in [0.3, 0.4) is 0 Å². The summed E-state index contributed by atoms with van der Waals surface area (Å²) in [5.74, 6) is 0. The topological polar surface area (TPSA) is 50.5 Å². The quantitative estimate of drug-likeness (QED) is 0.905. The van der Waals surface area contributed by atoms with E-state index in [1.165, 1.54) is 0 Å². The molecule has 2 heterocycles. The van der Waals surface area contributed by atoms with Crippen molar-refractivity contribution < 1.29 is 9.84 Å². The molecule has 0 spiro atoms. The van der Waals surface area contributed by atoms with E-state index in [0.29, 0.717) is 23.9 Å². The number of ether oxygens (including phenoxy) is 1. The van der Waals surface area contributed by atoms with E-state index >= 15 is 0 Å². The number of halogens is 1. The van der Waals surface area contributed by atoms with Gasteiger partial charge < -0.3 is 9.84 Å². The Bertz CT molecular complexity index is 442. The Morgan fingerprint density at radius 1 is 1.45 bits per heavy atom. The minimum atomic E-state index is -0.679. The highest BCUT2D eigenvalue weighted by Crippen LogP contribution is 2.35. The lowest BCUT2D eigenvalue weighted by atomic mass is 9.92. The molecule has 6 heteroatoms. The Labute approximate surface area is 125 Å². The van der Waals surface area contributed by atoms with Crippen LogP contribution >= 0.6 is 11.6 Å². The van der Waals surface area contributed by atoms with E-state index in [9.17, 15) is 5.11 Å². The summed E-state index contributed by atoms with van der Waals surface area (Å²) in [5, 5.41) is 15.7. The highest BCUT2D eigenvalue weighted by Gasteiger charge is 2.38. The number of aliphatic hydroxyl groups excluding tert-OH is 1. The molecular formula is C14H24ClN3O2. The van der Waals surface area contributed by atoms with Crippen molar-refractivity contribution in [1.82, 2.24) is 14.7 Å². The number of hydrogen-bond donors (Lipinski definition) is 1. The molecule has 0 aliphatic carbocycles. The van der Waals surface area contributed by atoms with Crippen LogP contribution in [-0.2, 0) is 11.3 Å². The van der Waals surface area contributed by atoms with Gasteiger partial charge in [-0.25, -0.2) is 0 Å². The van der Waals surface area contributed by atoms with Crippen molar-refractivity contribution in [2.24, 2.45) is 0 Å². The predicted molar refractivity (Wildman–Crippen MR) is 79.0 cm³/mol. The van der Waals surface area contributed by atoms with Crippen LogP contribution in [0.4, 0.5) is 0 Å². The van der Waals surface area contributed by atoms with E-state index in [-0.39, 0.29) is 0 Å². The van der Waals surface area contributed by atoms with Gasteiger partial charge in [0.1, 0.15) is 6.10 Å². The molecule has 0 aromatic carbocycles. The van der Waals surface area contributed by atoms with Gasteiger partial charge >= 0.3 is 0 Å². The maximum atomic E-state index is 10.8. The second-order valence-corrected chi connectivity index (χ2v) is 6.16. The molecule has 0 amide bonds. The Morgan fingerprint density at radius 3 is 2.70 bits per heavy atom. The third-order valence-corrected chi connectivity index (χ3v) is 4.31. The molecule has 1 N–H and O–H groups in total. The van der Waals surface area contributed by atoms with Crippen LogP contribution in [0, 0.1) is 0 Å². The summed E-state index contributed by atoms with van der Waals surface area (Å²) >= 11 is 6.23. The fourth-order valence-corrected chi connectivity index (χ4v) is 2.93. The van der Waals surface area contributed by atoms with Crippen LogP contribution in [-0.4, -0.2) is 51.6 Å².